The summed E-state index contributed by atoms with van der Waals surface area (Å²) >= 11 is 0. The van der Waals surface area contributed by atoms with Crippen LogP contribution < -0.4 is 24.4 Å². The van der Waals surface area contributed by atoms with Crippen LogP contribution in [0.5, 0.6) is 5.75 Å². The smallest absolute Gasteiger partial charge is 0.218 e. The van der Waals surface area contributed by atoms with Gasteiger partial charge in [0.05, 0.1) is 5.69 Å². The van der Waals surface area contributed by atoms with Gasteiger partial charge in [0.15, 0.2) is 12.4 Å². The molecule has 1 amide bonds. The van der Waals surface area contributed by atoms with Gasteiger partial charge in [0.1, 0.15) is 39.0 Å². The minimum absolute atomic E-state index is 0. The Bertz CT molecular complexity index is 1150. The number of nitrogens with one attached hydrogen (secondary N) is 1. The van der Waals surface area contributed by atoms with Crippen molar-refractivity contribution in [3.05, 3.63) is 61.6 Å². The second kappa shape index (κ2) is 15.0. The minimum Gasteiger partial charge on any atom is -0.489 e. The van der Waals surface area contributed by atoms with Gasteiger partial charge in [-0.25, -0.2) is 4.57 Å². The number of rotatable bonds is 15. The van der Waals surface area contributed by atoms with Crippen molar-refractivity contribution in [2.75, 3.05) is 43.6 Å². The molecule has 2 aliphatic heterocycles. The maximum atomic E-state index is 13.4. The molecule has 1 saturated carbocycles. The number of hydrogen-bond acceptors (Lipinski definition) is 5. The number of unbranched alkanes of at least 4 members (excludes halogenated alkanes) is 2. The molecule has 5 rings (SSSR count). The van der Waals surface area contributed by atoms with Crippen LogP contribution in [-0.2, 0) is 55.8 Å². The number of anilines is 2. The summed E-state index contributed by atoms with van der Waals surface area (Å²) in [5.74, 6) is 0.623. The molecule has 1 aliphatic carbocycles. The molecule has 2 aromatic rings. The van der Waals surface area contributed by atoms with Gasteiger partial charge >= 0.3 is 0 Å². The van der Waals surface area contributed by atoms with Gasteiger partial charge in [0.25, 0.3) is 0 Å². The summed E-state index contributed by atoms with van der Waals surface area (Å²) in [5.41, 5.74) is 3.29. The molecule has 2 bridgehead atoms. The normalized spacial score (nSPS) is 21.4. The van der Waals surface area contributed by atoms with E-state index >= 15 is 0 Å². The summed E-state index contributed by atoms with van der Waals surface area (Å²) in [7, 11) is 8.23. The van der Waals surface area contributed by atoms with Crippen molar-refractivity contribution in [2.24, 2.45) is 7.05 Å². The molecule has 41 heavy (non-hydrogen) atoms. The Balaban J connectivity index is 0.00000462. The number of benzene rings is 1. The first-order valence-electron chi connectivity index (χ1n) is 14.6. The van der Waals surface area contributed by atoms with Gasteiger partial charge in [0, 0.05) is 69.9 Å². The van der Waals surface area contributed by atoms with Gasteiger partial charge < -0.3 is 38.0 Å². The zero-order valence-corrected chi connectivity index (χ0v) is 28.1. The topological polar surface area (TPSA) is 65.8 Å². The second-order valence-electron chi connectivity index (χ2n) is 11.8. The summed E-state index contributed by atoms with van der Waals surface area (Å²) in [5, 5.41) is 2.58. The molecule has 3 unspecified atom stereocenters. The number of amides is 1. The third kappa shape index (κ3) is 8.13. The predicted octanol–water partition coefficient (Wildman–Crippen LogP) is 4.13. The number of ether oxygens (including phenoxy) is 1. The van der Waals surface area contributed by atoms with Gasteiger partial charge in [-0.15, -0.1) is 13.1 Å². The van der Waals surface area contributed by atoms with E-state index in [9.17, 15) is 9.59 Å². The van der Waals surface area contributed by atoms with E-state index in [-0.39, 0.29) is 50.5 Å². The first kappa shape index (κ1) is 33.6. The monoisotopic (exact) mass is 633 g/mol. The Morgan fingerprint density at radius 1 is 1.27 bits per heavy atom. The van der Waals surface area contributed by atoms with Gasteiger partial charge in [0.2, 0.25) is 5.91 Å². The van der Waals surface area contributed by atoms with Crippen molar-refractivity contribution >= 4 is 30.8 Å². The van der Waals surface area contributed by atoms with Crippen LogP contribution in [0.3, 0.4) is 0 Å². The molecule has 218 valence electrons. The zero-order valence-electron chi connectivity index (χ0n) is 25.3. The molecule has 1 aromatic heterocycles. The van der Waals surface area contributed by atoms with Crippen molar-refractivity contribution < 1.29 is 51.6 Å². The van der Waals surface area contributed by atoms with E-state index in [0.717, 1.165) is 69.2 Å². The Kier molecular flexibility index (Phi) is 12.3. The molecule has 1 aromatic carbocycles. The molecule has 3 fully saturated rings. The van der Waals surface area contributed by atoms with E-state index in [1.807, 2.05) is 42.7 Å². The number of aryl methyl sites for hydroxylation is 1. The Hall–Kier alpha value is -1.92. The largest absolute Gasteiger partial charge is 0.489 e. The van der Waals surface area contributed by atoms with E-state index < -0.39 is 11.4 Å². The first-order chi connectivity index (χ1) is 19.2. The number of hydrogen-bond donors (Lipinski definition) is 1. The average molecular weight is 633 g/mol. The van der Waals surface area contributed by atoms with E-state index in [1.165, 1.54) is 5.56 Å². The molecule has 2 saturated heterocycles. The molecular formula is C32H45BN4O3Y-. The first-order valence-corrected chi connectivity index (χ1v) is 14.6. The maximum absolute atomic E-state index is 13.4. The molecular weight excluding hydrogens is 588 g/mol. The molecule has 0 spiro atoms. The minimum atomic E-state index is -0.712. The number of aromatic nitrogens is 1. The van der Waals surface area contributed by atoms with Crippen LogP contribution in [0.1, 0.15) is 51.0 Å². The number of pyridine rings is 1. The standard InChI is InChI=1S/C32H45BN4O3.Y/c1-6-8-9-17-37(7-2)27-11-12-29(28(20-27)35(3)4)40-23-26(22-38)34-30(39)32-16-10-15-31(24-32,33-32)21-25-13-18-36(5)19-14-25;/h9,11-14,18-20,22,26H,2,6-8,10,15-17,21,23-24H2,1,3-5H3,(H,34,39);/q-1;. The third-order valence-corrected chi connectivity index (χ3v) is 8.40. The molecule has 3 heterocycles. The summed E-state index contributed by atoms with van der Waals surface area (Å²) in [6.45, 7) is 7.85. The average Bonchev–Trinajstić information content (AvgIpc) is 2.94. The Morgan fingerprint density at radius 3 is 2.63 bits per heavy atom. The van der Waals surface area contributed by atoms with Crippen molar-refractivity contribution in [2.45, 2.75) is 68.5 Å². The zero-order chi connectivity index (χ0) is 28.8. The van der Waals surface area contributed by atoms with E-state index in [1.54, 1.807) is 0 Å². The fourth-order valence-electron chi connectivity index (χ4n) is 6.34. The fraction of sp³-hybridized carbons (Fsp3) is 0.531. The number of fused-ring (bicyclic) bond motifs is 2. The molecule has 9 heteroatoms. The van der Waals surface area contributed by atoms with Crippen molar-refractivity contribution in [1.82, 2.24) is 5.32 Å². The molecule has 3 atom stereocenters. The van der Waals surface area contributed by atoms with Crippen LogP contribution >= 0.6 is 0 Å². The van der Waals surface area contributed by atoms with Gasteiger partial charge in [-0.2, -0.15) is 6.42 Å². The van der Waals surface area contributed by atoms with Crippen LogP contribution in [-0.4, -0.2) is 59.3 Å². The number of aldehydes is 1. The molecule has 1 N–H and O–H groups in total. The van der Waals surface area contributed by atoms with Crippen LogP contribution in [0.4, 0.5) is 11.4 Å². The number of carbonyl (C=O) groups is 2. The third-order valence-electron chi connectivity index (χ3n) is 8.40. The summed E-state index contributed by atoms with van der Waals surface area (Å²) < 4.78 is 8.15. The fourth-order valence-corrected chi connectivity index (χ4v) is 6.34. The predicted molar refractivity (Wildman–Crippen MR) is 162 cm³/mol. The van der Waals surface area contributed by atoms with Gasteiger partial charge in [-0.1, -0.05) is 31.5 Å². The molecule has 2 radical (unpaired) electrons. The van der Waals surface area contributed by atoms with Gasteiger partial charge in [-0.3, -0.25) is 4.79 Å². The Labute approximate surface area is 272 Å². The quantitative estimate of drug-likeness (QED) is 0.105. The number of nitrogens with zero attached hydrogens (tertiary/aromatic N) is 3. The second-order valence-corrected chi connectivity index (χ2v) is 11.8. The molecule has 3 aliphatic rings. The summed E-state index contributed by atoms with van der Waals surface area (Å²) in [4.78, 5) is 29.6. The van der Waals surface area contributed by atoms with E-state index in [2.05, 4.69) is 68.4 Å². The SMILES string of the molecule is [CH2-]CN(C[CH-]CCC)c1ccc(OCC(C=O)NC(=O)C23[B]C(Cc4cc[n+](C)cc4)(CCC2)C3)c(N(C)C)c1.[Y]. The van der Waals surface area contributed by atoms with Crippen LogP contribution in [0.2, 0.25) is 10.6 Å². The Morgan fingerprint density at radius 2 is 2.00 bits per heavy atom. The van der Waals surface area contributed by atoms with Crippen molar-refractivity contribution in [1.29, 1.82) is 0 Å². The van der Waals surface area contributed by atoms with Crippen LogP contribution in [0, 0.1) is 13.3 Å². The van der Waals surface area contributed by atoms with Crippen molar-refractivity contribution in [3.63, 3.8) is 0 Å². The number of carbonyl (C=O) groups excluding carboxylic acids is 2. The van der Waals surface area contributed by atoms with Crippen LogP contribution in [0.15, 0.2) is 42.7 Å². The van der Waals surface area contributed by atoms with Crippen LogP contribution in [0.25, 0.3) is 0 Å². The maximum Gasteiger partial charge on any atom is 0.218 e. The van der Waals surface area contributed by atoms with Crippen molar-refractivity contribution in [3.8, 4) is 5.75 Å². The summed E-state index contributed by atoms with van der Waals surface area (Å²) in [6.07, 6.45) is 14.1. The summed E-state index contributed by atoms with van der Waals surface area (Å²) in [6, 6.07) is 9.66. The van der Waals surface area contributed by atoms with E-state index in [0.29, 0.717) is 12.3 Å². The van der Waals surface area contributed by atoms with E-state index in [4.69, 9.17) is 4.74 Å². The molecule has 7 nitrogen and oxygen atoms in total. The van der Waals surface area contributed by atoms with Gasteiger partial charge in [-0.05, 0) is 43.0 Å².